The monoisotopic (exact) mass is 476 g/mol. The molecule has 1 heterocycles. The van der Waals surface area contributed by atoms with Gasteiger partial charge in [0, 0.05) is 19.2 Å². The second-order valence-corrected chi connectivity index (χ2v) is 8.40. The van der Waals surface area contributed by atoms with Crippen LogP contribution in [0.4, 0.5) is 0 Å². The zero-order valence-electron chi connectivity index (χ0n) is 20.8. The Bertz CT molecular complexity index is 1040. The summed E-state index contributed by atoms with van der Waals surface area (Å²) in [4.78, 5) is 42.7. The number of nitrogens with one attached hydrogen (secondary N) is 2. The molecule has 2 rings (SSSR count). The Hall–Kier alpha value is -3.14. The maximum Gasteiger partial charge on any atom is 0.261 e. The minimum absolute atomic E-state index is 0.0842. The van der Waals surface area contributed by atoms with Gasteiger partial charge in [0.1, 0.15) is 12.6 Å². The van der Waals surface area contributed by atoms with Crippen molar-refractivity contribution >= 4 is 22.7 Å². The second-order valence-electron chi connectivity index (χ2n) is 8.40. The summed E-state index contributed by atoms with van der Waals surface area (Å²) in [6.45, 7) is 8.50. The molecule has 2 atom stereocenters. The highest BCUT2D eigenvalue weighted by Gasteiger charge is 2.26. The van der Waals surface area contributed by atoms with Crippen LogP contribution in [0.5, 0.6) is 11.5 Å². The van der Waals surface area contributed by atoms with E-state index in [4.69, 9.17) is 14.2 Å². The molecule has 188 valence electrons. The Kier molecular flexibility index (Phi) is 10.3. The minimum Gasteiger partial charge on any atom is -0.493 e. The number of amides is 2. The lowest BCUT2D eigenvalue weighted by atomic mass is 9.98. The van der Waals surface area contributed by atoms with E-state index in [1.165, 1.54) is 31.2 Å². The van der Waals surface area contributed by atoms with Crippen LogP contribution >= 0.6 is 0 Å². The molecule has 2 N–H and O–H groups in total. The molecular weight excluding hydrogens is 440 g/mol. The quantitative estimate of drug-likeness (QED) is 0.424. The standard InChI is InChI=1S/C24H36N4O6/c1-7-16(4)22(23(30)25-9-8-10-34-15(2)3)27-21(29)13-28-14-26-18-12-20(33-6)19(32-5)11-17(18)24(28)31/h11-12,14-16,22H,7-10,13H2,1-6H3,(H,25,30)(H,27,29). The number of hydrogen-bond donors (Lipinski definition) is 2. The topological polar surface area (TPSA) is 121 Å². The summed E-state index contributed by atoms with van der Waals surface area (Å²) in [5.74, 6) is 0.0541. The molecule has 2 aromatic rings. The van der Waals surface area contributed by atoms with Gasteiger partial charge >= 0.3 is 0 Å². The van der Waals surface area contributed by atoms with Gasteiger partial charge in [-0.25, -0.2) is 4.98 Å². The van der Waals surface area contributed by atoms with Crippen molar-refractivity contribution in [2.75, 3.05) is 27.4 Å². The number of carbonyl (C=O) groups excluding carboxylic acids is 2. The summed E-state index contributed by atoms with van der Waals surface area (Å²) in [7, 11) is 2.97. The fourth-order valence-corrected chi connectivity index (χ4v) is 3.39. The summed E-state index contributed by atoms with van der Waals surface area (Å²) < 4.78 is 17.2. The van der Waals surface area contributed by atoms with Crippen LogP contribution in [0.2, 0.25) is 0 Å². The largest absolute Gasteiger partial charge is 0.493 e. The van der Waals surface area contributed by atoms with Crippen molar-refractivity contribution in [3.8, 4) is 11.5 Å². The molecule has 0 saturated carbocycles. The molecule has 0 spiro atoms. The van der Waals surface area contributed by atoms with Gasteiger partial charge in [0.05, 0.1) is 37.6 Å². The highest BCUT2D eigenvalue weighted by atomic mass is 16.5. The van der Waals surface area contributed by atoms with E-state index in [1.54, 1.807) is 6.07 Å². The van der Waals surface area contributed by atoms with Gasteiger partial charge in [-0.2, -0.15) is 0 Å². The van der Waals surface area contributed by atoms with Crippen LogP contribution < -0.4 is 25.7 Å². The fraction of sp³-hybridized carbons (Fsp3) is 0.583. The van der Waals surface area contributed by atoms with Crippen LogP contribution in [-0.4, -0.2) is 60.9 Å². The first-order valence-electron chi connectivity index (χ1n) is 11.5. The first-order valence-corrected chi connectivity index (χ1v) is 11.5. The summed E-state index contributed by atoms with van der Waals surface area (Å²) in [5.41, 5.74) is 0.0356. The Balaban J connectivity index is 2.10. The highest BCUT2D eigenvalue weighted by Crippen LogP contribution is 2.29. The third-order valence-electron chi connectivity index (χ3n) is 5.53. The summed E-state index contributed by atoms with van der Waals surface area (Å²) in [6.07, 6.45) is 2.83. The SMILES string of the molecule is CCC(C)C(NC(=O)Cn1cnc2cc(OC)c(OC)cc2c1=O)C(=O)NCCCOC(C)C. The van der Waals surface area contributed by atoms with Crippen LogP contribution in [0, 0.1) is 5.92 Å². The van der Waals surface area contributed by atoms with Crippen LogP contribution in [0.25, 0.3) is 10.9 Å². The van der Waals surface area contributed by atoms with E-state index >= 15 is 0 Å². The Labute approximate surface area is 200 Å². The lowest BCUT2D eigenvalue weighted by molar-refractivity contribution is -0.130. The second kappa shape index (κ2) is 12.9. The molecule has 34 heavy (non-hydrogen) atoms. The minimum atomic E-state index is -0.711. The Morgan fingerprint density at radius 2 is 1.79 bits per heavy atom. The molecule has 0 aliphatic rings. The van der Waals surface area contributed by atoms with E-state index in [-0.39, 0.29) is 24.5 Å². The summed E-state index contributed by atoms with van der Waals surface area (Å²) in [6, 6.07) is 2.43. The average molecular weight is 477 g/mol. The van der Waals surface area contributed by atoms with E-state index in [0.717, 1.165) is 0 Å². The van der Waals surface area contributed by atoms with Gasteiger partial charge in [-0.05, 0) is 32.3 Å². The Morgan fingerprint density at radius 3 is 2.41 bits per heavy atom. The van der Waals surface area contributed by atoms with Crippen molar-refractivity contribution in [2.45, 2.75) is 59.2 Å². The van der Waals surface area contributed by atoms with Gasteiger partial charge in [0.15, 0.2) is 11.5 Å². The molecule has 0 aliphatic carbocycles. The van der Waals surface area contributed by atoms with E-state index < -0.39 is 17.5 Å². The van der Waals surface area contributed by atoms with Gasteiger partial charge in [-0.1, -0.05) is 20.3 Å². The molecule has 2 amide bonds. The lowest BCUT2D eigenvalue weighted by Crippen LogP contribution is -2.51. The Morgan fingerprint density at radius 1 is 1.12 bits per heavy atom. The molecule has 1 aromatic heterocycles. The fourth-order valence-electron chi connectivity index (χ4n) is 3.39. The molecule has 0 fully saturated rings. The maximum atomic E-state index is 12.9. The van der Waals surface area contributed by atoms with Gasteiger partial charge in [-0.3, -0.25) is 19.0 Å². The first kappa shape index (κ1) is 27.1. The maximum absolute atomic E-state index is 12.9. The molecule has 0 aliphatic heterocycles. The first-order chi connectivity index (χ1) is 16.2. The molecule has 0 saturated heterocycles. The third-order valence-corrected chi connectivity index (χ3v) is 5.53. The van der Waals surface area contributed by atoms with Crippen LogP contribution in [0.1, 0.15) is 40.5 Å². The van der Waals surface area contributed by atoms with Gasteiger partial charge in [0.25, 0.3) is 5.56 Å². The number of fused-ring (bicyclic) bond motifs is 1. The van der Waals surface area contributed by atoms with Crippen molar-refractivity contribution in [2.24, 2.45) is 5.92 Å². The molecule has 0 radical (unpaired) electrons. The van der Waals surface area contributed by atoms with Crippen molar-refractivity contribution in [3.63, 3.8) is 0 Å². The number of carbonyl (C=O) groups is 2. The van der Waals surface area contributed by atoms with Crippen molar-refractivity contribution in [1.29, 1.82) is 0 Å². The predicted octanol–water partition coefficient (Wildman–Crippen LogP) is 1.88. The number of rotatable bonds is 13. The molecule has 10 nitrogen and oxygen atoms in total. The molecule has 2 unspecified atom stereocenters. The van der Waals surface area contributed by atoms with Crippen LogP contribution in [-0.2, 0) is 20.9 Å². The number of methoxy groups -OCH3 is 2. The lowest BCUT2D eigenvalue weighted by Gasteiger charge is -2.24. The molecule has 1 aromatic carbocycles. The normalized spacial score (nSPS) is 12.9. The zero-order valence-corrected chi connectivity index (χ0v) is 20.8. The van der Waals surface area contributed by atoms with Gasteiger partial charge in [0.2, 0.25) is 11.8 Å². The predicted molar refractivity (Wildman–Crippen MR) is 129 cm³/mol. The highest BCUT2D eigenvalue weighted by molar-refractivity contribution is 5.88. The van der Waals surface area contributed by atoms with E-state index in [0.29, 0.717) is 48.4 Å². The summed E-state index contributed by atoms with van der Waals surface area (Å²) in [5, 5.41) is 5.94. The van der Waals surface area contributed by atoms with Crippen LogP contribution in [0.15, 0.2) is 23.3 Å². The number of nitrogens with zero attached hydrogens (tertiary/aromatic N) is 2. The molecule has 10 heteroatoms. The summed E-state index contributed by atoms with van der Waals surface area (Å²) >= 11 is 0. The van der Waals surface area contributed by atoms with Crippen molar-refractivity contribution < 1.29 is 23.8 Å². The smallest absolute Gasteiger partial charge is 0.261 e. The number of aromatic nitrogens is 2. The zero-order chi connectivity index (χ0) is 25.3. The van der Waals surface area contributed by atoms with Crippen LogP contribution in [0.3, 0.4) is 0 Å². The van der Waals surface area contributed by atoms with Crippen molar-refractivity contribution in [3.05, 3.63) is 28.8 Å². The molecular formula is C24H36N4O6. The third kappa shape index (κ3) is 7.18. The number of ether oxygens (including phenoxy) is 3. The van der Waals surface area contributed by atoms with Gasteiger partial charge < -0.3 is 24.8 Å². The average Bonchev–Trinajstić information content (AvgIpc) is 2.82. The number of hydrogen-bond acceptors (Lipinski definition) is 7. The van der Waals surface area contributed by atoms with E-state index in [2.05, 4.69) is 15.6 Å². The van der Waals surface area contributed by atoms with Gasteiger partial charge in [-0.15, -0.1) is 0 Å². The number of benzene rings is 1. The molecule has 0 bridgehead atoms. The van der Waals surface area contributed by atoms with Crippen molar-refractivity contribution in [1.82, 2.24) is 20.2 Å². The van der Waals surface area contributed by atoms with E-state index in [1.807, 2.05) is 27.7 Å². The van der Waals surface area contributed by atoms with E-state index in [9.17, 15) is 14.4 Å².